The summed E-state index contributed by atoms with van der Waals surface area (Å²) in [7, 11) is 2.03. The second kappa shape index (κ2) is 12.5. The molecule has 1 fully saturated rings. The molecule has 1 rings (SSSR count). The van der Waals surface area contributed by atoms with E-state index in [2.05, 4.69) is 29.6 Å². The first-order valence-electron chi connectivity index (χ1n) is 4.95. The van der Waals surface area contributed by atoms with Gasteiger partial charge >= 0.3 is 0 Å². The Kier molecular flexibility index (Phi) is 18.3. The molecule has 1 heterocycles. The maximum atomic E-state index is 3.28. The van der Waals surface area contributed by atoms with Gasteiger partial charge in [0.15, 0.2) is 0 Å². The average Bonchev–Trinajstić information content (AvgIpc) is 2.37. The standard InChI is InChI=1S/C5H13N3.2C2H6.V/c1-4-6-5(2)8(3)7-4;2*1-2;/h4-7H,1-3H3;2*1-2H3;. The molecule has 0 amide bonds. The number of rotatable bonds is 0. The zero-order chi connectivity index (χ0) is 10.1. The van der Waals surface area contributed by atoms with Crippen molar-refractivity contribution >= 4 is 0 Å². The Labute approximate surface area is 95.5 Å². The normalized spacial score (nSPS) is 26.1. The fourth-order valence-corrected chi connectivity index (χ4v) is 0.928. The zero-order valence-corrected chi connectivity index (χ0v) is 11.4. The third-order valence-electron chi connectivity index (χ3n) is 1.47. The second-order valence-electron chi connectivity index (χ2n) is 2.30. The van der Waals surface area contributed by atoms with Crippen LogP contribution in [0.1, 0.15) is 41.5 Å². The van der Waals surface area contributed by atoms with Gasteiger partial charge in [0, 0.05) is 25.6 Å². The van der Waals surface area contributed by atoms with Crippen LogP contribution >= 0.6 is 0 Å². The minimum Gasteiger partial charge on any atom is -0.285 e. The second-order valence-corrected chi connectivity index (χ2v) is 2.30. The molecule has 0 aromatic heterocycles. The Bertz CT molecular complexity index is 80.9. The molecule has 2 atom stereocenters. The molecule has 3 nitrogen and oxygen atoms in total. The molecular weight excluding hydrogens is 201 g/mol. The molecule has 1 aliphatic heterocycles. The van der Waals surface area contributed by atoms with E-state index in [0.29, 0.717) is 12.3 Å². The fourth-order valence-electron chi connectivity index (χ4n) is 0.928. The average molecular weight is 226 g/mol. The van der Waals surface area contributed by atoms with Crippen LogP contribution in [0.3, 0.4) is 0 Å². The summed E-state index contributed by atoms with van der Waals surface area (Å²) in [4.78, 5) is 0. The molecule has 1 radical (unpaired) electrons. The van der Waals surface area contributed by atoms with Crippen LogP contribution < -0.4 is 10.7 Å². The van der Waals surface area contributed by atoms with Crippen LogP contribution in [0.5, 0.6) is 0 Å². The van der Waals surface area contributed by atoms with Gasteiger partial charge in [0.05, 0.1) is 12.3 Å². The number of hydrogen-bond acceptors (Lipinski definition) is 3. The number of hydrogen-bond donors (Lipinski definition) is 2. The maximum absolute atomic E-state index is 3.28. The zero-order valence-electron chi connectivity index (χ0n) is 10.0. The van der Waals surface area contributed by atoms with Crippen molar-refractivity contribution in [2.45, 2.75) is 53.9 Å². The van der Waals surface area contributed by atoms with E-state index in [1.165, 1.54) is 0 Å². The molecule has 81 valence electrons. The molecule has 0 saturated carbocycles. The van der Waals surface area contributed by atoms with E-state index >= 15 is 0 Å². The minimum atomic E-state index is 0. The van der Waals surface area contributed by atoms with Crippen LogP contribution in [0.2, 0.25) is 0 Å². The summed E-state index contributed by atoms with van der Waals surface area (Å²) >= 11 is 0. The Balaban J connectivity index is -0.000000178. The largest absolute Gasteiger partial charge is 0.285 e. The molecule has 2 N–H and O–H groups in total. The first kappa shape index (κ1) is 19.1. The number of nitrogens with zero attached hydrogens (tertiary/aromatic N) is 1. The Morgan fingerprint density at radius 1 is 1.00 bits per heavy atom. The van der Waals surface area contributed by atoms with Crippen molar-refractivity contribution in [3.05, 3.63) is 0 Å². The van der Waals surface area contributed by atoms with E-state index < -0.39 is 0 Å². The van der Waals surface area contributed by atoms with Crippen LogP contribution in [0.25, 0.3) is 0 Å². The molecule has 2 unspecified atom stereocenters. The molecule has 4 heteroatoms. The molecule has 13 heavy (non-hydrogen) atoms. The smallest absolute Gasteiger partial charge is 0.0713 e. The van der Waals surface area contributed by atoms with Crippen LogP contribution in [0.15, 0.2) is 0 Å². The summed E-state index contributed by atoms with van der Waals surface area (Å²) in [5.41, 5.74) is 3.19. The molecule has 0 aliphatic carbocycles. The molecular formula is C9H25N3V. The van der Waals surface area contributed by atoms with E-state index in [1.807, 2.05) is 34.7 Å². The van der Waals surface area contributed by atoms with Gasteiger partial charge in [-0.05, 0) is 13.8 Å². The third kappa shape index (κ3) is 8.79. The first-order chi connectivity index (χ1) is 5.70. The molecule has 0 spiro atoms. The Morgan fingerprint density at radius 2 is 1.38 bits per heavy atom. The van der Waals surface area contributed by atoms with Gasteiger partial charge < -0.3 is 0 Å². The van der Waals surface area contributed by atoms with Crippen molar-refractivity contribution in [2.75, 3.05) is 7.05 Å². The maximum Gasteiger partial charge on any atom is 0.0713 e. The van der Waals surface area contributed by atoms with E-state index in [0.717, 1.165) is 0 Å². The number of nitrogens with one attached hydrogen (secondary N) is 2. The minimum absolute atomic E-state index is 0. The van der Waals surface area contributed by atoms with Gasteiger partial charge in [0.2, 0.25) is 0 Å². The van der Waals surface area contributed by atoms with Crippen molar-refractivity contribution < 1.29 is 18.6 Å². The van der Waals surface area contributed by atoms with Crippen molar-refractivity contribution in [2.24, 2.45) is 0 Å². The fraction of sp³-hybridized carbons (Fsp3) is 1.00. The van der Waals surface area contributed by atoms with Gasteiger partial charge in [0.1, 0.15) is 0 Å². The summed E-state index contributed by atoms with van der Waals surface area (Å²) in [6.45, 7) is 12.2. The van der Waals surface area contributed by atoms with Crippen molar-refractivity contribution in [3.8, 4) is 0 Å². The summed E-state index contributed by atoms with van der Waals surface area (Å²) in [5.74, 6) is 0. The van der Waals surface area contributed by atoms with Crippen LogP contribution in [-0.4, -0.2) is 24.4 Å². The Hall–Kier alpha value is 0.464. The summed E-state index contributed by atoms with van der Waals surface area (Å²) in [6.07, 6.45) is 0.889. The predicted molar refractivity (Wildman–Crippen MR) is 55.7 cm³/mol. The molecule has 0 bridgehead atoms. The predicted octanol–water partition coefficient (Wildman–Crippen LogP) is 1.77. The van der Waals surface area contributed by atoms with E-state index in [9.17, 15) is 0 Å². The number of hydrazine groups is 1. The molecule has 0 aromatic rings. The quantitative estimate of drug-likeness (QED) is 0.659. The van der Waals surface area contributed by atoms with E-state index in [1.54, 1.807) is 0 Å². The van der Waals surface area contributed by atoms with Gasteiger partial charge in [0.25, 0.3) is 0 Å². The summed E-state index contributed by atoms with van der Waals surface area (Å²) < 4.78 is 0. The van der Waals surface area contributed by atoms with E-state index in [4.69, 9.17) is 0 Å². The van der Waals surface area contributed by atoms with Crippen LogP contribution in [-0.2, 0) is 18.6 Å². The van der Waals surface area contributed by atoms with Crippen molar-refractivity contribution in [1.29, 1.82) is 0 Å². The monoisotopic (exact) mass is 226 g/mol. The summed E-state index contributed by atoms with van der Waals surface area (Å²) in [5, 5.41) is 5.34. The van der Waals surface area contributed by atoms with Gasteiger partial charge in [-0.1, -0.05) is 27.7 Å². The topological polar surface area (TPSA) is 27.3 Å². The molecule has 1 aliphatic rings. The van der Waals surface area contributed by atoms with Gasteiger partial charge in [-0.2, -0.15) is 0 Å². The van der Waals surface area contributed by atoms with Gasteiger partial charge in [-0.3, -0.25) is 5.32 Å². The SMILES string of the molecule is CC.CC.CC1NC(C)N(C)N1.[V]. The van der Waals surface area contributed by atoms with Gasteiger partial charge in [-0.15, -0.1) is 0 Å². The summed E-state index contributed by atoms with van der Waals surface area (Å²) in [6, 6.07) is 0. The van der Waals surface area contributed by atoms with Crippen LogP contribution in [0, 0.1) is 0 Å². The van der Waals surface area contributed by atoms with Crippen molar-refractivity contribution in [1.82, 2.24) is 15.8 Å². The van der Waals surface area contributed by atoms with Crippen molar-refractivity contribution in [3.63, 3.8) is 0 Å². The third-order valence-corrected chi connectivity index (χ3v) is 1.47. The van der Waals surface area contributed by atoms with Gasteiger partial charge in [-0.25, -0.2) is 10.4 Å². The molecule has 0 aromatic carbocycles. The van der Waals surface area contributed by atoms with E-state index in [-0.39, 0.29) is 18.6 Å². The first-order valence-corrected chi connectivity index (χ1v) is 4.95. The van der Waals surface area contributed by atoms with Crippen LogP contribution in [0.4, 0.5) is 0 Å². The Morgan fingerprint density at radius 3 is 1.46 bits per heavy atom. The molecule has 1 saturated heterocycles.